The van der Waals surface area contributed by atoms with Crippen LogP contribution in [-0.2, 0) is 27.4 Å². The third-order valence-corrected chi connectivity index (χ3v) is 16.6. The summed E-state index contributed by atoms with van der Waals surface area (Å²) in [4.78, 5) is 25.4. The Morgan fingerprint density at radius 3 is 2.33 bits per heavy atom. The van der Waals surface area contributed by atoms with Gasteiger partial charge in [0.05, 0.1) is 18.4 Å². The van der Waals surface area contributed by atoms with Gasteiger partial charge in [-0.3, -0.25) is 9.48 Å². The molecule has 7 rings (SSSR count). The summed E-state index contributed by atoms with van der Waals surface area (Å²) in [6, 6.07) is 15.4. The fraction of sp³-hybridized carbons (Fsp3) is 0.673. The first-order chi connectivity index (χ1) is 30.4. The van der Waals surface area contributed by atoms with Gasteiger partial charge in [0.2, 0.25) is 0 Å². The Balaban J connectivity index is 0.769. The molecule has 1 unspecified atom stereocenters. The minimum Gasteiger partial charge on any atom is -0.487 e. The van der Waals surface area contributed by atoms with Crippen LogP contribution in [0.2, 0.25) is 0 Å². The van der Waals surface area contributed by atoms with Gasteiger partial charge in [-0.25, -0.2) is 4.79 Å². The second-order valence-corrected chi connectivity index (χ2v) is 21.3. The number of unbranched alkanes of at least 4 members (excludes halogenated alkanes) is 3. The van der Waals surface area contributed by atoms with Gasteiger partial charge >= 0.3 is 11.9 Å². The van der Waals surface area contributed by atoms with Crippen molar-refractivity contribution in [3.05, 3.63) is 77.6 Å². The van der Waals surface area contributed by atoms with Crippen molar-refractivity contribution in [1.29, 1.82) is 0 Å². The molecule has 0 aliphatic heterocycles. The molecule has 0 saturated heterocycles. The van der Waals surface area contributed by atoms with Crippen LogP contribution in [0.3, 0.4) is 0 Å². The molecule has 4 aliphatic carbocycles. The molecular formula is C55H79N3O5. The number of aromatic nitrogens is 3. The van der Waals surface area contributed by atoms with Gasteiger partial charge in [0.1, 0.15) is 24.2 Å². The van der Waals surface area contributed by atoms with E-state index >= 15 is 0 Å². The zero-order valence-electron chi connectivity index (χ0n) is 39.9. The van der Waals surface area contributed by atoms with Gasteiger partial charge in [-0.1, -0.05) is 128 Å². The fourth-order valence-electron chi connectivity index (χ4n) is 12.5. The monoisotopic (exact) mass is 862 g/mol. The summed E-state index contributed by atoms with van der Waals surface area (Å²) in [7, 11) is 0. The van der Waals surface area contributed by atoms with Gasteiger partial charge in [0.25, 0.3) is 0 Å². The maximum absolute atomic E-state index is 13.0. The minimum absolute atomic E-state index is 0.0217. The number of carbonyl (C=O) groups excluding carboxylic acids is 2. The maximum Gasteiger partial charge on any atom is 0.338 e. The van der Waals surface area contributed by atoms with E-state index < -0.39 is 0 Å². The van der Waals surface area contributed by atoms with Crippen LogP contribution in [0.25, 0.3) is 11.1 Å². The third kappa shape index (κ3) is 11.5. The summed E-state index contributed by atoms with van der Waals surface area (Å²) in [5.74, 6) is 5.86. The first-order valence-electron chi connectivity index (χ1n) is 25.1. The highest BCUT2D eigenvalue weighted by Gasteiger charge is 2.59. The lowest BCUT2D eigenvalue weighted by Gasteiger charge is -2.58. The maximum atomic E-state index is 13.0. The number of hydrogen-bond donors (Lipinski definition) is 0. The lowest BCUT2D eigenvalue weighted by molar-refractivity contribution is -0.151. The average Bonchev–Trinajstić information content (AvgIpc) is 3.89. The Bertz CT molecular complexity index is 1970. The molecular weight excluding hydrogens is 783 g/mol. The molecule has 3 aromatic rings. The van der Waals surface area contributed by atoms with Crippen LogP contribution in [0.1, 0.15) is 174 Å². The largest absolute Gasteiger partial charge is 0.487 e. The molecule has 63 heavy (non-hydrogen) atoms. The number of ether oxygens (including phenoxy) is 3. The van der Waals surface area contributed by atoms with E-state index in [-0.39, 0.29) is 23.5 Å². The molecule has 344 valence electrons. The van der Waals surface area contributed by atoms with Crippen molar-refractivity contribution in [3.8, 4) is 16.9 Å². The summed E-state index contributed by atoms with van der Waals surface area (Å²) >= 11 is 0. The molecule has 0 spiro atoms. The average molecular weight is 862 g/mol. The predicted molar refractivity (Wildman–Crippen MR) is 252 cm³/mol. The van der Waals surface area contributed by atoms with Crippen LogP contribution in [0, 0.1) is 52.3 Å². The second-order valence-electron chi connectivity index (χ2n) is 21.3. The van der Waals surface area contributed by atoms with Gasteiger partial charge in [-0.2, -0.15) is 0 Å². The molecule has 1 heterocycles. The van der Waals surface area contributed by atoms with Gasteiger partial charge in [0.15, 0.2) is 0 Å². The zero-order valence-corrected chi connectivity index (χ0v) is 39.9. The number of aryl methyl sites for hydroxylation is 1. The first-order valence-corrected chi connectivity index (χ1v) is 25.1. The van der Waals surface area contributed by atoms with Crippen molar-refractivity contribution < 1.29 is 23.8 Å². The summed E-state index contributed by atoms with van der Waals surface area (Å²) in [6.45, 7) is 18.3. The number of hydrogen-bond acceptors (Lipinski definition) is 7. The number of benzene rings is 2. The smallest absolute Gasteiger partial charge is 0.338 e. The van der Waals surface area contributed by atoms with Crippen LogP contribution in [-0.4, -0.2) is 39.6 Å². The van der Waals surface area contributed by atoms with E-state index in [4.69, 9.17) is 14.2 Å². The van der Waals surface area contributed by atoms with E-state index in [2.05, 4.69) is 64.9 Å². The van der Waals surface area contributed by atoms with Gasteiger partial charge in [-0.05, 0) is 145 Å². The van der Waals surface area contributed by atoms with Crippen molar-refractivity contribution in [2.75, 3.05) is 6.61 Å². The Hall–Kier alpha value is -3.94. The molecule has 9 atom stereocenters. The van der Waals surface area contributed by atoms with Crippen LogP contribution >= 0.6 is 0 Å². The van der Waals surface area contributed by atoms with Gasteiger partial charge in [-0.15, -0.1) is 5.10 Å². The fourth-order valence-corrected chi connectivity index (χ4v) is 12.5. The van der Waals surface area contributed by atoms with Gasteiger partial charge < -0.3 is 14.2 Å². The van der Waals surface area contributed by atoms with Crippen LogP contribution in [0.5, 0.6) is 5.75 Å². The standard InChI is InChI=1S/C55H79N3O5/c1-8-39(4)36-62-53(60)43-19-17-41(18-20-43)42-21-24-46(25-22-42)61-37-45-35-58(57-56-45)33-12-10-9-11-16-52(59)63-47-29-31-54(6)44(34-47)23-26-48-50-28-27-49(40(5)15-13-14-38(2)3)55(50,7)32-30-51(48)54/h17-25,35,38-40,47-51H,8-16,26-34,36-37H2,1-7H3/t39?,40-,47+,48+,49-,50+,51+,54+,55-/m1/s1. The van der Waals surface area contributed by atoms with Crippen LogP contribution in [0.15, 0.2) is 66.4 Å². The molecule has 1 aromatic heterocycles. The highest BCUT2D eigenvalue weighted by molar-refractivity contribution is 5.90. The van der Waals surface area contributed by atoms with E-state index in [9.17, 15) is 9.59 Å². The predicted octanol–water partition coefficient (Wildman–Crippen LogP) is 13.6. The first kappa shape index (κ1) is 47.0. The SMILES string of the molecule is CCC(C)COC(=O)c1ccc(-c2ccc(OCc3cn(CCCCCCC(=O)O[C@H]4CC[C@@]5(C)C(=CC[C@H]6[C@@H]7CC[C@H]([C@H](C)CCCC(C)C)[C@@]7(C)CC[C@@H]65)C4)nn3)cc2)cc1. The molecule has 8 heteroatoms. The molecule has 0 N–H and O–H groups in total. The summed E-state index contributed by atoms with van der Waals surface area (Å²) in [5.41, 5.74) is 5.80. The number of carbonyl (C=O) groups is 2. The van der Waals surface area contributed by atoms with Gasteiger partial charge in [0, 0.05) is 19.4 Å². The summed E-state index contributed by atoms with van der Waals surface area (Å²) in [5, 5.41) is 8.62. The molecule has 2 aromatic carbocycles. The van der Waals surface area contributed by atoms with E-state index in [1.807, 2.05) is 59.4 Å². The Morgan fingerprint density at radius 2 is 1.59 bits per heavy atom. The second kappa shape index (κ2) is 21.4. The molecule has 3 fully saturated rings. The molecule has 3 saturated carbocycles. The van der Waals surface area contributed by atoms with Crippen molar-refractivity contribution in [1.82, 2.24) is 15.0 Å². The number of fused-ring (bicyclic) bond motifs is 5. The Kier molecular flexibility index (Phi) is 16.0. The molecule has 4 aliphatic rings. The highest BCUT2D eigenvalue weighted by atomic mass is 16.5. The third-order valence-electron chi connectivity index (χ3n) is 16.6. The highest BCUT2D eigenvalue weighted by Crippen LogP contribution is 2.67. The van der Waals surface area contributed by atoms with Crippen molar-refractivity contribution in [2.24, 2.45) is 52.3 Å². The van der Waals surface area contributed by atoms with E-state index in [1.165, 1.54) is 51.4 Å². The number of rotatable bonds is 21. The van der Waals surface area contributed by atoms with Crippen molar-refractivity contribution in [2.45, 2.75) is 177 Å². The summed E-state index contributed by atoms with van der Waals surface area (Å²) < 4.78 is 19.5. The molecule has 0 radical (unpaired) electrons. The van der Waals surface area contributed by atoms with E-state index in [0.717, 1.165) is 116 Å². The quantitative estimate of drug-likeness (QED) is 0.0598. The van der Waals surface area contributed by atoms with Crippen molar-refractivity contribution in [3.63, 3.8) is 0 Å². The summed E-state index contributed by atoms with van der Waals surface area (Å²) in [6.07, 6.45) is 24.1. The van der Waals surface area contributed by atoms with Crippen LogP contribution < -0.4 is 4.74 Å². The lowest BCUT2D eigenvalue weighted by atomic mass is 9.47. The molecule has 0 amide bonds. The minimum atomic E-state index is -0.284. The Morgan fingerprint density at radius 1 is 0.841 bits per heavy atom. The lowest BCUT2D eigenvalue weighted by Crippen LogP contribution is -2.51. The van der Waals surface area contributed by atoms with E-state index in [0.29, 0.717) is 36.5 Å². The van der Waals surface area contributed by atoms with E-state index in [1.54, 1.807) is 5.57 Å². The normalized spacial score (nSPS) is 27.4. The Labute approximate surface area is 379 Å². The topological polar surface area (TPSA) is 92.5 Å². The number of esters is 2. The molecule has 0 bridgehead atoms. The number of nitrogens with zero attached hydrogens (tertiary/aromatic N) is 3. The molecule has 8 nitrogen and oxygen atoms in total. The van der Waals surface area contributed by atoms with Crippen molar-refractivity contribution >= 4 is 11.9 Å². The van der Waals surface area contributed by atoms with Crippen LogP contribution in [0.4, 0.5) is 0 Å². The number of allylic oxidation sites excluding steroid dienone is 1. The zero-order chi connectivity index (χ0) is 44.6.